The summed E-state index contributed by atoms with van der Waals surface area (Å²) in [7, 11) is 0.469. The molecule has 0 aliphatic carbocycles. The Morgan fingerprint density at radius 3 is 2.62 bits per heavy atom. The summed E-state index contributed by atoms with van der Waals surface area (Å²) in [6.07, 6.45) is 6.07. The van der Waals surface area contributed by atoms with Crippen LogP contribution in [-0.2, 0) is 0 Å². The molecule has 0 unspecified atom stereocenters. The molecule has 2 atom stereocenters. The molecule has 0 aromatic heterocycles. The summed E-state index contributed by atoms with van der Waals surface area (Å²) in [5.41, 5.74) is 0. The molecule has 0 bridgehead atoms. The molecule has 0 amide bonds. The molecule has 0 nitrogen and oxygen atoms in total. The highest BCUT2D eigenvalue weighted by atomic mass is 31.1. The van der Waals surface area contributed by atoms with Gasteiger partial charge in [0.25, 0.3) is 0 Å². The van der Waals surface area contributed by atoms with Gasteiger partial charge in [0.05, 0.1) is 0 Å². The lowest BCUT2D eigenvalue weighted by atomic mass is 10.1. The third-order valence-electron chi connectivity index (χ3n) is 1.86. The lowest BCUT2D eigenvalue weighted by molar-refractivity contribution is 0.566. The van der Waals surface area contributed by atoms with Crippen molar-refractivity contribution in [3.05, 3.63) is 0 Å². The molecule has 8 heavy (non-hydrogen) atoms. The minimum absolute atomic E-state index is 0.469. The summed E-state index contributed by atoms with van der Waals surface area (Å²) < 4.78 is 0. The second kappa shape index (κ2) is 2.82. The van der Waals surface area contributed by atoms with Gasteiger partial charge in [-0.3, -0.25) is 0 Å². The average molecular weight is 130 g/mol. The van der Waals surface area contributed by atoms with E-state index in [4.69, 9.17) is 0 Å². The monoisotopic (exact) mass is 130 g/mol. The molecule has 0 saturated carbocycles. The van der Waals surface area contributed by atoms with Crippen molar-refractivity contribution in [1.82, 2.24) is 0 Å². The SMILES string of the molecule is C[C@H]1CCC[P@@](C)C1. The van der Waals surface area contributed by atoms with Crippen molar-refractivity contribution < 1.29 is 0 Å². The first-order chi connectivity index (χ1) is 3.79. The Morgan fingerprint density at radius 2 is 2.25 bits per heavy atom. The van der Waals surface area contributed by atoms with E-state index in [0.717, 1.165) is 5.92 Å². The van der Waals surface area contributed by atoms with Crippen molar-refractivity contribution in [2.24, 2.45) is 5.92 Å². The third kappa shape index (κ3) is 1.74. The topological polar surface area (TPSA) is 0 Å². The fourth-order valence-corrected chi connectivity index (χ4v) is 3.58. The fourth-order valence-electron chi connectivity index (χ4n) is 1.42. The van der Waals surface area contributed by atoms with Gasteiger partial charge < -0.3 is 0 Å². The molecular formula is C7H15P. The molecule has 1 heterocycles. The molecule has 1 saturated heterocycles. The maximum Gasteiger partial charge on any atom is -0.0302 e. The minimum atomic E-state index is 0.469. The predicted molar refractivity (Wildman–Crippen MR) is 41.0 cm³/mol. The van der Waals surface area contributed by atoms with Gasteiger partial charge in [0.15, 0.2) is 0 Å². The van der Waals surface area contributed by atoms with Gasteiger partial charge in [-0.2, -0.15) is 0 Å². The molecule has 0 spiro atoms. The molecule has 1 rings (SSSR count). The second-order valence-electron chi connectivity index (χ2n) is 3.01. The van der Waals surface area contributed by atoms with Gasteiger partial charge in [0.1, 0.15) is 0 Å². The summed E-state index contributed by atoms with van der Waals surface area (Å²) >= 11 is 0. The molecule has 0 aromatic rings. The molecule has 1 aliphatic heterocycles. The zero-order valence-corrected chi connectivity index (χ0v) is 6.75. The second-order valence-corrected chi connectivity index (χ2v) is 5.53. The van der Waals surface area contributed by atoms with Crippen molar-refractivity contribution in [3.63, 3.8) is 0 Å². The van der Waals surface area contributed by atoms with Crippen molar-refractivity contribution in [2.45, 2.75) is 19.8 Å². The van der Waals surface area contributed by atoms with Gasteiger partial charge in [-0.15, -0.1) is 7.92 Å². The van der Waals surface area contributed by atoms with Gasteiger partial charge in [0, 0.05) is 0 Å². The standard InChI is InChI=1S/C7H15P/c1-7-4-3-5-8(2)6-7/h7H,3-6H2,1-2H3/t7-,8+/m0/s1. The summed E-state index contributed by atoms with van der Waals surface area (Å²) in [6, 6.07) is 0. The van der Waals surface area contributed by atoms with Crippen LogP contribution in [0.1, 0.15) is 19.8 Å². The fraction of sp³-hybridized carbons (Fsp3) is 1.00. The van der Waals surface area contributed by atoms with Crippen LogP contribution >= 0.6 is 7.92 Å². The normalized spacial score (nSPS) is 39.8. The third-order valence-corrected chi connectivity index (χ3v) is 4.19. The Hall–Kier alpha value is 0.430. The summed E-state index contributed by atoms with van der Waals surface area (Å²) in [5, 5.41) is 0. The highest BCUT2D eigenvalue weighted by Gasteiger charge is 2.13. The molecule has 1 fully saturated rings. The van der Waals surface area contributed by atoms with E-state index in [2.05, 4.69) is 13.6 Å². The Kier molecular flexibility index (Phi) is 2.31. The van der Waals surface area contributed by atoms with Gasteiger partial charge in [-0.05, 0) is 31.3 Å². The van der Waals surface area contributed by atoms with E-state index in [1.807, 2.05) is 0 Å². The molecule has 0 N–H and O–H groups in total. The van der Waals surface area contributed by atoms with Crippen LogP contribution in [0.2, 0.25) is 0 Å². The van der Waals surface area contributed by atoms with E-state index in [9.17, 15) is 0 Å². The Balaban J connectivity index is 2.23. The van der Waals surface area contributed by atoms with Crippen LogP contribution in [0.4, 0.5) is 0 Å². The van der Waals surface area contributed by atoms with E-state index in [1.54, 1.807) is 6.16 Å². The zero-order chi connectivity index (χ0) is 5.98. The number of hydrogen-bond acceptors (Lipinski definition) is 0. The number of hydrogen-bond donors (Lipinski definition) is 0. The highest BCUT2D eigenvalue weighted by Crippen LogP contribution is 2.39. The summed E-state index contributed by atoms with van der Waals surface area (Å²) in [6.45, 7) is 4.82. The van der Waals surface area contributed by atoms with E-state index in [1.165, 1.54) is 19.0 Å². The van der Waals surface area contributed by atoms with Crippen molar-refractivity contribution in [1.29, 1.82) is 0 Å². The van der Waals surface area contributed by atoms with Crippen molar-refractivity contribution in [2.75, 3.05) is 19.0 Å². The van der Waals surface area contributed by atoms with E-state index in [-0.39, 0.29) is 0 Å². The maximum absolute atomic E-state index is 2.44. The first-order valence-electron chi connectivity index (χ1n) is 3.47. The first-order valence-corrected chi connectivity index (χ1v) is 5.63. The van der Waals surface area contributed by atoms with Crippen LogP contribution < -0.4 is 0 Å². The zero-order valence-electron chi connectivity index (χ0n) is 5.85. The summed E-state index contributed by atoms with van der Waals surface area (Å²) in [5.74, 6) is 1.04. The molecule has 48 valence electrons. The van der Waals surface area contributed by atoms with E-state index >= 15 is 0 Å². The Bertz CT molecular complexity index is 62.8. The Morgan fingerprint density at radius 1 is 1.50 bits per heavy atom. The maximum atomic E-state index is 2.44. The lowest BCUT2D eigenvalue weighted by Gasteiger charge is -2.23. The molecular weight excluding hydrogens is 115 g/mol. The molecule has 1 heteroatoms. The smallest absolute Gasteiger partial charge is 0.0302 e. The van der Waals surface area contributed by atoms with Gasteiger partial charge >= 0.3 is 0 Å². The average Bonchev–Trinajstić information content (AvgIpc) is 1.64. The van der Waals surface area contributed by atoms with Crippen LogP contribution in [0, 0.1) is 5.92 Å². The molecule has 0 radical (unpaired) electrons. The minimum Gasteiger partial charge on any atom is -0.110 e. The van der Waals surface area contributed by atoms with Crippen LogP contribution in [0.5, 0.6) is 0 Å². The molecule has 0 aromatic carbocycles. The quantitative estimate of drug-likeness (QED) is 0.442. The van der Waals surface area contributed by atoms with Gasteiger partial charge in [0.2, 0.25) is 0 Å². The first kappa shape index (κ1) is 6.55. The van der Waals surface area contributed by atoms with Crippen LogP contribution in [0.15, 0.2) is 0 Å². The van der Waals surface area contributed by atoms with Crippen LogP contribution in [0.25, 0.3) is 0 Å². The van der Waals surface area contributed by atoms with E-state index in [0.29, 0.717) is 7.92 Å². The van der Waals surface area contributed by atoms with Gasteiger partial charge in [-0.25, -0.2) is 0 Å². The van der Waals surface area contributed by atoms with Crippen LogP contribution in [0.3, 0.4) is 0 Å². The van der Waals surface area contributed by atoms with E-state index < -0.39 is 0 Å². The summed E-state index contributed by atoms with van der Waals surface area (Å²) in [4.78, 5) is 0. The lowest BCUT2D eigenvalue weighted by Crippen LogP contribution is -2.08. The highest BCUT2D eigenvalue weighted by molar-refractivity contribution is 7.56. The molecule has 1 aliphatic rings. The van der Waals surface area contributed by atoms with Gasteiger partial charge in [-0.1, -0.05) is 13.3 Å². The Labute approximate surface area is 53.4 Å². The van der Waals surface area contributed by atoms with Crippen molar-refractivity contribution in [3.8, 4) is 0 Å². The van der Waals surface area contributed by atoms with Crippen molar-refractivity contribution >= 4 is 7.92 Å². The number of rotatable bonds is 0. The predicted octanol–water partition coefficient (Wildman–Crippen LogP) is 2.53. The van der Waals surface area contributed by atoms with Crippen LogP contribution in [-0.4, -0.2) is 19.0 Å². The largest absolute Gasteiger partial charge is 0.110 e.